The molecule has 5 nitrogen and oxygen atoms in total. The zero-order valence-electron chi connectivity index (χ0n) is 14.3. The topological polar surface area (TPSA) is 64.1 Å². The fourth-order valence-electron chi connectivity index (χ4n) is 2.62. The molecule has 27 heavy (non-hydrogen) atoms. The molecule has 7 heteroatoms. The summed E-state index contributed by atoms with van der Waals surface area (Å²) in [5, 5.41) is 3.55. The molecule has 0 aliphatic rings. The van der Waals surface area contributed by atoms with Crippen LogP contribution in [0.2, 0.25) is 0 Å². The Morgan fingerprint density at radius 1 is 1.15 bits per heavy atom. The van der Waals surface area contributed by atoms with E-state index in [0.29, 0.717) is 11.4 Å². The van der Waals surface area contributed by atoms with Crippen LogP contribution in [0.4, 0.5) is 10.1 Å². The van der Waals surface area contributed by atoms with Crippen molar-refractivity contribution in [3.63, 3.8) is 0 Å². The molecule has 2 aromatic heterocycles. The summed E-state index contributed by atoms with van der Waals surface area (Å²) in [6.45, 7) is 0. The number of pyridine rings is 1. The van der Waals surface area contributed by atoms with Gasteiger partial charge in [-0.25, -0.2) is 9.97 Å². The minimum absolute atomic E-state index is 0.181. The first kappa shape index (κ1) is 17.1. The summed E-state index contributed by atoms with van der Waals surface area (Å²) >= 11 is 1.57. The van der Waals surface area contributed by atoms with Gasteiger partial charge in [-0.1, -0.05) is 24.3 Å². The molecule has 1 N–H and O–H groups in total. The molecule has 0 aliphatic heterocycles. The summed E-state index contributed by atoms with van der Waals surface area (Å²) in [7, 11) is 1.43. The van der Waals surface area contributed by atoms with E-state index in [0.717, 1.165) is 20.8 Å². The number of carbonyl (C=O) groups is 1. The molecule has 0 saturated carbocycles. The van der Waals surface area contributed by atoms with Crippen molar-refractivity contribution in [2.75, 3.05) is 12.4 Å². The number of nitrogens with zero attached hydrogens (tertiary/aromatic N) is 2. The maximum atomic E-state index is 13.9. The Morgan fingerprint density at radius 2 is 2.00 bits per heavy atom. The number of hydrogen-bond donors (Lipinski definition) is 1. The van der Waals surface area contributed by atoms with Gasteiger partial charge >= 0.3 is 0 Å². The molecule has 0 aliphatic carbocycles. The van der Waals surface area contributed by atoms with Gasteiger partial charge in [-0.2, -0.15) is 4.39 Å². The van der Waals surface area contributed by atoms with E-state index in [1.807, 2.05) is 36.4 Å². The molecular weight excluding hydrogens is 365 g/mol. The van der Waals surface area contributed by atoms with Crippen LogP contribution in [0, 0.1) is 5.95 Å². The molecule has 0 atom stereocenters. The first-order chi connectivity index (χ1) is 13.1. The second-order valence-corrected chi connectivity index (χ2v) is 6.77. The molecule has 0 radical (unpaired) electrons. The number of fused-ring (bicyclic) bond motifs is 1. The largest absolute Gasteiger partial charge is 0.495 e. The average Bonchev–Trinajstić information content (AvgIpc) is 3.13. The van der Waals surface area contributed by atoms with Crippen molar-refractivity contribution in [3.05, 3.63) is 72.3 Å². The number of para-hydroxylation sites is 1. The summed E-state index contributed by atoms with van der Waals surface area (Å²) in [6.07, 6.45) is 1.22. The van der Waals surface area contributed by atoms with E-state index in [4.69, 9.17) is 4.74 Å². The summed E-state index contributed by atoms with van der Waals surface area (Å²) in [4.78, 5) is 20.6. The fourth-order valence-corrected chi connectivity index (χ4v) is 3.59. The highest BCUT2D eigenvalue weighted by molar-refractivity contribution is 7.21. The number of anilines is 1. The Hall–Kier alpha value is -3.32. The average molecular weight is 379 g/mol. The van der Waals surface area contributed by atoms with Crippen LogP contribution < -0.4 is 10.1 Å². The monoisotopic (exact) mass is 379 g/mol. The normalized spacial score (nSPS) is 10.7. The molecule has 0 bridgehead atoms. The molecular formula is C20H14FN3O2S. The number of ether oxygens (including phenoxy) is 1. The number of methoxy groups -OCH3 is 1. The van der Waals surface area contributed by atoms with Gasteiger partial charge in [0.15, 0.2) is 0 Å². The lowest BCUT2D eigenvalue weighted by atomic mass is 10.2. The van der Waals surface area contributed by atoms with Crippen molar-refractivity contribution in [1.82, 2.24) is 9.97 Å². The van der Waals surface area contributed by atoms with Crippen LogP contribution in [0.5, 0.6) is 5.75 Å². The summed E-state index contributed by atoms with van der Waals surface area (Å²) < 4.78 is 20.0. The van der Waals surface area contributed by atoms with Crippen LogP contribution in [-0.4, -0.2) is 23.0 Å². The second-order valence-electron chi connectivity index (χ2n) is 5.74. The highest BCUT2D eigenvalue weighted by atomic mass is 32.1. The number of benzene rings is 2. The van der Waals surface area contributed by atoms with Crippen LogP contribution >= 0.6 is 11.3 Å². The van der Waals surface area contributed by atoms with E-state index < -0.39 is 11.9 Å². The predicted octanol–water partition coefficient (Wildman–Crippen LogP) is 4.76. The molecule has 1 amide bonds. The SMILES string of the molecule is COc1cnc(F)c(C(=O)Nc2cccc(-c3nc4ccccc4s3)c2)c1. The van der Waals surface area contributed by atoms with Gasteiger partial charge < -0.3 is 10.1 Å². The lowest BCUT2D eigenvalue weighted by molar-refractivity contribution is 0.102. The van der Waals surface area contributed by atoms with Gasteiger partial charge in [0.05, 0.1) is 29.1 Å². The molecule has 0 spiro atoms. The van der Waals surface area contributed by atoms with Gasteiger partial charge in [0.25, 0.3) is 5.91 Å². The van der Waals surface area contributed by atoms with Gasteiger partial charge in [-0.3, -0.25) is 4.79 Å². The number of thiazole rings is 1. The third kappa shape index (κ3) is 3.50. The van der Waals surface area contributed by atoms with Crippen LogP contribution in [0.1, 0.15) is 10.4 Å². The Morgan fingerprint density at radius 3 is 2.81 bits per heavy atom. The molecule has 0 saturated heterocycles. The summed E-state index contributed by atoms with van der Waals surface area (Å²) in [6, 6.07) is 16.5. The molecule has 2 heterocycles. The lowest BCUT2D eigenvalue weighted by Crippen LogP contribution is -2.14. The van der Waals surface area contributed by atoms with Crippen molar-refractivity contribution in [3.8, 4) is 16.3 Å². The van der Waals surface area contributed by atoms with Gasteiger partial charge in [-0.05, 0) is 30.3 Å². The molecule has 4 aromatic rings. The van der Waals surface area contributed by atoms with E-state index in [1.165, 1.54) is 19.4 Å². The van der Waals surface area contributed by atoms with Crippen LogP contribution in [0.25, 0.3) is 20.8 Å². The number of nitrogens with one attached hydrogen (secondary N) is 1. The number of aromatic nitrogens is 2. The smallest absolute Gasteiger partial charge is 0.260 e. The van der Waals surface area contributed by atoms with E-state index >= 15 is 0 Å². The Kier molecular flexibility index (Phi) is 4.52. The number of carbonyl (C=O) groups excluding carboxylic acids is 1. The molecule has 0 fully saturated rings. The standard InChI is InChI=1S/C20H14FN3O2S/c1-26-14-10-15(18(21)22-11-14)19(25)23-13-6-4-5-12(9-13)20-24-16-7-2-3-8-17(16)27-20/h2-11H,1H3,(H,23,25). The van der Waals surface area contributed by atoms with E-state index in [2.05, 4.69) is 15.3 Å². The van der Waals surface area contributed by atoms with Gasteiger partial charge in [0.1, 0.15) is 10.8 Å². The van der Waals surface area contributed by atoms with Crippen molar-refractivity contribution in [1.29, 1.82) is 0 Å². The van der Waals surface area contributed by atoms with Gasteiger partial charge in [0.2, 0.25) is 5.95 Å². The highest BCUT2D eigenvalue weighted by Crippen LogP contribution is 2.31. The third-order valence-corrected chi connectivity index (χ3v) is 5.04. The first-order valence-corrected chi connectivity index (χ1v) is 8.92. The van der Waals surface area contributed by atoms with Crippen molar-refractivity contribution in [2.45, 2.75) is 0 Å². The number of hydrogen-bond acceptors (Lipinski definition) is 5. The first-order valence-electron chi connectivity index (χ1n) is 8.11. The van der Waals surface area contributed by atoms with Gasteiger partial charge in [0, 0.05) is 11.3 Å². The third-order valence-electron chi connectivity index (χ3n) is 3.96. The van der Waals surface area contributed by atoms with Crippen LogP contribution in [-0.2, 0) is 0 Å². The minimum atomic E-state index is -0.851. The maximum Gasteiger partial charge on any atom is 0.260 e. The predicted molar refractivity (Wildman–Crippen MR) is 104 cm³/mol. The molecule has 0 unspecified atom stereocenters. The fraction of sp³-hybridized carbons (Fsp3) is 0.0500. The zero-order valence-corrected chi connectivity index (χ0v) is 15.1. The van der Waals surface area contributed by atoms with Crippen molar-refractivity contribution < 1.29 is 13.9 Å². The van der Waals surface area contributed by atoms with E-state index in [1.54, 1.807) is 23.5 Å². The minimum Gasteiger partial charge on any atom is -0.495 e. The quantitative estimate of drug-likeness (QED) is 0.519. The summed E-state index contributed by atoms with van der Waals surface area (Å²) in [5.41, 5.74) is 2.16. The van der Waals surface area contributed by atoms with Crippen LogP contribution in [0.3, 0.4) is 0 Å². The number of halogens is 1. The van der Waals surface area contributed by atoms with Crippen molar-refractivity contribution in [2.24, 2.45) is 0 Å². The van der Waals surface area contributed by atoms with E-state index in [-0.39, 0.29) is 5.56 Å². The zero-order chi connectivity index (χ0) is 18.8. The lowest BCUT2D eigenvalue weighted by Gasteiger charge is -2.08. The van der Waals surface area contributed by atoms with Crippen LogP contribution in [0.15, 0.2) is 60.8 Å². The number of amides is 1. The Balaban J connectivity index is 1.62. The molecule has 134 valence electrons. The van der Waals surface area contributed by atoms with Gasteiger partial charge in [-0.15, -0.1) is 11.3 Å². The van der Waals surface area contributed by atoms with E-state index in [9.17, 15) is 9.18 Å². The molecule has 4 rings (SSSR count). The highest BCUT2D eigenvalue weighted by Gasteiger charge is 2.15. The van der Waals surface area contributed by atoms with Crippen molar-refractivity contribution >= 4 is 33.1 Å². The molecule has 2 aromatic carbocycles. The Bertz CT molecular complexity index is 1110. The summed E-state index contributed by atoms with van der Waals surface area (Å²) in [5.74, 6) is -1.14. The number of rotatable bonds is 4. The second kappa shape index (κ2) is 7.13. The maximum absolute atomic E-state index is 13.9. The Labute approximate surface area is 158 Å².